The summed E-state index contributed by atoms with van der Waals surface area (Å²) in [6, 6.07) is 14.7. The summed E-state index contributed by atoms with van der Waals surface area (Å²) < 4.78 is 70.7. The van der Waals surface area contributed by atoms with E-state index in [9.17, 15) is 26.4 Å². The summed E-state index contributed by atoms with van der Waals surface area (Å²) in [5.41, 5.74) is 1.81. The van der Waals surface area contributed by atoms with Crippen LogP contribution < -0.4 is 14.8 Å². The minimum absolute atomic E-state index is 0.0160. The summed E-state index contributed by atoms with van der Waals surface area (Å²) in [4.78, 5) is 12.0. The minimum Gasteiger partial charge on any atom is -0.484 e. The fourth-order valence-electron chi connectivity index (χ4n) is 2.82. The summed E-state index contributed by atoms with van der Waals surface area (Å²) in [6.45, 7) is 3.40. The maximum absolute atomic E-state index is 12.6. The number of halogens is 3. The number of benzene rings is 3. The van der Waals surface area contributed by atoms with Gasteiger partial charge in [0, 0.05) is 11.4 Å². The van der Waals surface area contributed by atoms with Gasteiger partial charge in [0.05, 0.1) is 10.5 Å². The second kappa shape index (κ2) is 9.53. The molecule has 0 aromatic heterocycles. The van der Waals surface area contributed by atoms with Crippen molar-refractivity contribution in [3.8, 4) is 5.75 Å². The Morgan fingerprint density at radius 2 is 1.48 bits per heavy atom. The van der Waals surface area contributed by atoms with Crippen molar-refractivity contribution in [3.63, 3.8) is 0 Å². The van der Waals surface area contributed by atoms with Crippen molar-refractivity contribution in [1.29, 1.82) is 0 Å². The molecule has 0 unspecified atom stereocenters. The topological polar surface area (TPSA) is 84.5 Å². The number of anilines is 2. The number of carbonyl (C=O) groups is 1. The molecule has 33 heavy (non-hydrogen) atoms. The number of rotatable bonds is 7. The lowest BCUT2D eigenvalue weighted by Gasteiger charge is -2.11. The first-order valence-corrected chi connectivity index (χ1v) is 11.2. The number of amides is 1. The smallest absolute Gasteiger partial charge is 0.416 e. The molecule has 10 heteroatoms. The Bertz CT molecular complexity index is 1240. The average Bonchev–Trinajstić information content (AvgIpc) is 2.75. The Kier molecular flexibility index (Phi) is 6.97. The van der Waals surface area contributed by atoms with Crippen LogP contribution in [0.1, 0.15) is 16.7 Å². The second-order valence-corrected chi connectivity index (χ2v) is 8.97. The van der Waals surface area contributed by atoms with E-state index in [1.54, 1.807) is 12.1 Å². The van der Waals surface area contributed by atoms with E-state index in [-0.39, 0.29) is 16.3 Å². The lowest BCUT2D eigenvalue weighted by atomic mass is 10.1. The van der Waals surface area contributed by atoms with Gasteiger partial charge in [0.15, 0.2) is 6.61 Å². The molecule has 174 valence electrons. The third kappa shape index (κ3) is 6.48. The highest BCUT2D eigenvalue weighted by Crippen LogP contribution is 2.29. The van der Waals surface area contributed by atoms with Gasteiger partial charge in [-0.05, 0) is 85.6 Å². The lowest BCUT2D eigenvalue weighted by molar-refractivity contribution is -0.137. The number of aryl methyl sites for hydroxylation is 2. The summed E-state index contributed by atoms with van der Waals surface area (Å²) in [6.07, 6.45) is -4.46. The van der Waals surface area contributed by atoms with Crippen LogP contribution >= 0.6 is 0 Å². The molecule has 0 saturated heterocycles. The summed E-state index contributed by atoms with van der Waals surface area (Å²) in [5, 5.41) is 2.43. The summed E-state index contributed by atoms with van der Waals surface area (Å²) in [7, 11) is -3.81. The van der Waals surface area contributed by atoms with E-state index in [1.165, 1.54) is 24.3 Å². The SMILES string of the molecule is Cc1ccc(NS(=O)(=O)c2ccc(OCC(=O)Nc3ccc(C(F)(F)F)cc3)cc2)cc1C. The molecule has 0 radical (unpaired) electrons. The van der Waals surface area contributed by atoms with E-state index in [4.69, 9.17) is 4.74 Å². The van der Waals surface area contributed by atoms with Crippen LogP contribution in [0.4, 0.5) is 24.5 Å². The maximum Gasteiger partial charge on any atom is 0.416 e. The quantitative estimate of drug-likeness (QED) is 0.493. The van der Waals surface area contributed by atoms with Crippen molar-refractivity contribution in [3.05, 3.63) is 83.4 Å². The third-order valence-corrected chi connectivity index (χ3v) is 6.16. The van der Waals surface area contributed by atoms with Gasteiger partial charge in [0.25, 0.3) is 15.9 Å². The third-order valence-electron chi connectivity index (χ3n) is 4.76. The van der Waals surface area contributed by atoms with Crippen molar-refractivity contribution < 1.29 is 31.1 Å². The van der Waals surface area contributed by atoms with E-state index >= 15 is 0 Å². The molecule has 0 aliphatic rings. The van der Waals surface area contributed by atoms with E-state index in [0.717, 1.165) is 35.4 Å². The zero-order chi connectivity index (χ0) is 24.2. The number of ether oxygens (including phenoxy) is 1. The van der Waals surface area contributed by atoms with Gasteiger partial charge >= 0.3 is 6.18 Å². The van der Waals surface area contributed by atoms with Crippen molar-refractivity contribution in [2.45, 2.75) is 24.9 Å². The Morgan fingerprint density at radius 3 is 2.06 bits per heavy atom. The highest BCUT2D eigenvalue weighted by Gasteiger charge is 2.30. The number of sulfonamides is 1. The van der Waals surface area contributed by atoms with Crippen LogP contribution in [0.5, 0.6) is 5.75 Å². The zero-order valence-corrected chi connectivity index (χ0v) is 18.5. The Labute approximate surface area is 189 Å². The Morgan fingerprint density at radius 1 is 0.879 bits per heavy atom. The van der Waals surface area contributed by atoms with E-state index in [1.807, 2.05) is 19.9 Å². The van der Waals surface area contributed by atoms with E-state index in [0.29, 0.717) is 5.69 Å². The Hall–Kier alpha value is -3.53. The molecule has 2 N–H and O–H groups in total. The number of hydrogen-bond donors (Lipinski definition) is 2. The van der Waals surface area contributed by atoms with Gasteiger partial charge in [0.2, 0.25) is 0 Å². The molecular formula is C23H21F3N2O4S. The number of alkyl halides is 3. The number of nitrogens with one attached hydrogen (secondary N) is 2. The maximum atomic E-state index is 12.6. The molecule has 3 aromatic carbocycles. The average molecular weight is 478 g/mol. The van der Waals surface area contributed by atoms with E-state index < -0.39 is 34.3 Å². The fourth-order valence-corrected chi connectivity index (χ4v) is 3.87. The van der Waals surface area contributed by atoms with Gasteiger partial charge in [-0.1, -0.05) is 6.07 Å². The van der Waals surface area contributed by atoms with Gasteiger partial charge in [-0.15, -0.1) is 0 Å². The largest absolute Gasteiger partial charge is 0.484 e. The van der Waals surface area contributed by atoms with Gasteiger partial charge < -0.3 is 10.1 Å². The van der Waals surface area contributed by atoms with Gasteiger partial charge in [-0.3, -0.25) is 9.52 Å². The molecule has 0 aliphatic carbocycles. The molecule has 0 atom stereocenters. The molecule has 0 saturated carbocycles. The number of hydrogen-bond acceptors (Lipinski definition) is 4. The van der Waals surface area contributed by atoms with Crippen LogP contribution in [0, 0.1) is 13.8 Å². The van der Waals surface area contributed by atoms with Crippen molar-refractivity contribution in [1.82, 2.24) is 0 Å². The lowest BCUT2D eigenvalue weighted by Crippen LogP contribution is -2.20. The highest BCUT2D eigenvalue weighted by atomic mass is 32.2. The van der Waals surface area contributed by atoms with Crippen molar-refractivity contribution >= 4 is 27.3 Å². The standard InChI is InChI=1S/C23H21F3N2O4S/c1-15-3-6-19(13-16(15)2)28-33(30,31)21-11-9-20(10-12-21)32-14-22(29)27-18-7-4-17(5-8-18)23(24,25)26/h3-13,28H,14H2,1-2H3,(H,27,29). The molecule has 0 fully saturated rings. The predicted octanol–water partition coefficient (Wildman–Crippen LogP) is 5.14. The molecule has 0 aliphatic heterocycles. The first-order chi connectivity index (χ1) is 15.4. The molecule has 6 nitrogen and oxygen atoms in total. The van der Waals surface area contributed by atoms with Crippen LogP contribution in [0.3, 0.4) is 0 Å². The highest BCUT2D eigenvalue weighted by molar-refractivity contribution is 7.92. The first-order valence-electron chi connectivity index (χ1n) is 9.74. The monoisotopic (exact) mass is 478 g/mol. The minimum atomic E-state index is -4.46. The molecule has 0 bridgehead atoms. The fraction of sp³-hybridized carbons (Fsp3) is 0.174. The molecule has 0 heterocycles. The van der Waals surface area contributed by atoms with Crippen molar-refractivity contribution in [2.24, 2.45) is 0 Å². The first kappa shape index (κ1) is 24.1. The van der Waals surface area contributed by atoms with Crippen LogP contribution in [0.15, 0.2) is 71.6 Å². The Balaban J connectivity index is 1.56. The molecular weight excluding hydrogens is 457 g/mol. The summed E-state index contributed by atoms with van der Waals surface area (Å²) in [5.74, 6) is -0.328. The van der Waals surface area contributed by atoms with Gasteiger partial charge in [-0.2, -0.15) is 13.2 Å². The normalized spacial score (nSPS) is 11.7. The molecule has 0 spiro atoms. The van der Waals surface area contributed by atoms with Crippen LogP contribution in [-0.2, 0) is 21.0 Å². The zero-order valence-electron chi connectivity index (χ0n) is 17.7. The van der Waals surface area contributed by atoms with Crippen LogP contribution in [0.2, 0.25) is 0 Å². The molecule has 1 amide bonds. The van der Waals surface area contributed by atoms with Crippen LogP contribution in [-0.4, -0.2) is 20.9 Å². The molecule has 3 rings (SSSR count). The van der Waals surface area contributed by atoms with Gasteiger partial charge in [0.1, 0.15) is 5.75 Å². The second-order valence-electron chi connectivity index (χ2n) is 7.29. The van der Waals surface area contributed by atoms with Crippen molar-refractivity contribution in [2.75, 3.05) is 16.6 Å². The van der Waals surface area contributed by atoms with Crippen LogP contribution in [0.25, 0.3) is 0 Å². The number of carbonyl (C=O) groups excluding carboxylic acids is 1. The predicted molar refractivity (Wildman–Crippen MR) is 119 cm³/mol. The van der Waals surface area contributed by atoms with E-state index in [2.05, 4.69) is 10.0 Å². The van der Waals surface area contributed by atoms with Gasteiger partial charge in [-0.25, -0.2) is 8.42 Å². The molecule has 3 aromatic rings. The summed E-state index contributed by atoms with van der Waals surface area (Å²) >= 11 is 0.